The number of nitrogens with two attached hydrogens (primary N) is 1. The van der Waals surface area contributed by atoms with Crippen molar-refractivity contribution in [2.45, 2.75) is 26.0 Å². The van der Waals surface area contributed by atoms with Crippen molar-refractivity contribution in [1.82, 2.24) is 5.32 Å². The second-order valence-corrected chi connectivity index (χ2v) is 7.20. The zero-order valence-corrected chi connectivity index (χ0v) is 18.9. The molecule has 174 valence electrons. The Hall–Kier alpha value is -3.84. The van der Waals surface area contributed by atoms with E-state index in [4.69, 9.17) is 10.5 Å². The summed E-state index contributed by atoms with van der Waals surface area (Å²) < 4.78 is 5.03. The third kappa shape index (κ3) is 14.0. The lowest BCUT2D eigenvalue weighted by Gasteiger charge is -2.14. The van der Waals surface area contributed by atoms with Gasteiger partial charge in [-0.1, -0.05) is 78.9 Å². The molecule has 0 saturated carbocycles. The van der Waals surface area contributed by atoms with Crippen LogP contribution < -0.4 is 11.1 Å². The van der Waals surface area contributed by atoms with Gasteiger partial charge < -0.3 is 20.9 Å². The number of anilines is 1. The molecular formula is C25H27ClN2O5. The van der Waals surface area contributed by atoms with Gasteiger partial charge in [-0.15, -0.1) is 0 Å². The highest BCUT2D eigenvalue weighted by atomic mass is 35.5. The van der Waals surface area contributed by atoms with E-state index in [1.807, 2.05) is 91.0 Å². The van der Waals surface area contributed by atoms with Crippen LogP contribution in [0.25, 0.3) is 0 Å². The van der Waals surface area contributed by atoms with Crippen molar-refractivity contribution in [3.05, 3.63) is 102 Å². The summed E-state index contributed by atoms with van der Waals surface area (Å²) in [6.45, 7) is 1.39. The lowest BCUT2D eigenvalue weighted by molar-refractivity contribution is -0.139. The Morgan fingerprint density at radius 1 is 0.879 bits per heavy atom. The zero-order valence-electron chi connectivity index (χ0n) is 18.2. The number of rotatable bonds is 6. The highest BCUT2D eigenvalue weighted by Crippen LogP contribution is 2.05. The standard InChI is InChI=1S/C17H17NO4.C6H7N.C2H3ClO/c19-16(20)15(11-13-7-3-1-4-8-13)18-17(21)22-12-14-9-5-2-6-10-14;7-6-4-2-1-3-5-6;1-2(3)4/h1-10,15H,11-12H2,(H,18,21)(H,19,20);1-5H,7H2;1H3/t15-;;/m0../s1. The number of benzene rings is 3. The van der Waals surface area contributed by atoms with E-state index in [1.165, 1.54) is 6.92 Å². The molecule has 0 fully saturated rings. The summed E-state index contributed by atoms with van der Waals surface area (Å²) in [6.07, 6.45) is -0.538. The number of hydrogen-bond donors (Lipinski definition) is 3. The fourth-order valence-corrected chi connectivity index (χ4v) is 2.41. The third-order valence-corrected chi connectivity index (χ3v) is 3.89. The monoisotopic (exact) mass is 470 g/mol. The Kier molecular flexibility index (Phi) is 13.1. The van der Waals surface area contributed by atoms with Crippen LogP contribution in [0.5, 0.6) is 0 Å². The third-order valence-electron chi connectivity index (χ3n) is 3.89. The minimum atomic E-state index is -1.10. The van der Waals surface area contributed by atoms with Gasteiger partial charge in [-0.25, -0.2) is 9.59 Å². The van der Waals surface area contributed by atoms with Crippen LogP contribution in [0.2, 0.25) is 0 Å². The van der Waals surface area contributed by atoms with Gasteiger partial charge in [0, 0.05) is 19.0 Å². The van der Waals surface area contributed by atoms with Gasteiger partial charge in [0.1, 0.15) is 12.6 Å². The van der Waals surface area contributed by atoms with Gasteiger partial charge in [-0.2, -0.15) is 0 Å². The highest BCUT2D eigenvalue weighted by molar-refractivity contribution is 6.62. The second-order valence-electron chi connectivity index (χ2n) is 6.67. The summed E-state index contributed by atoms with van der Waals surface area (Å²) in [5.74, 6) is -1.10. The van der Waals surface area contributed by atoms with Crippen LogP contribution in [0.15, 0.2) is 91.0 Å². The predicted molar refractivity (Wildman–Crippen MR) is 129 cm³/mol. The van der Waals surface area contributed by atoms with Crippen molar-refractivity contribution < 1.29 is 24.2 Å². The maximum absolute atomic E-state index is 11.7. The van der Waals surface area contributed by atoms with Gasteiger partial charge in [0.15, 0.2) is 0 Å². The Balaban J connectivity index is 0.000000406. The normalized spacial score (nSPS) is 10.2. The molecule has 3 aromatic carbocycles. The molecule has 0 heterocycles. The van der Waals surface area contributed by atoms with Gasteiger partial charge in [0.05, 0.1) is 0 Å². The van der Waals surface area contributed by atoms with Gasteiger partial charge >= 0.3 is 12.1 Å². The number of carboxylic acids is 1. The fourth-order valence-electron chi connectivity index (χ4n) is 2.41. The van der Waals surface area contributed by atoms with Crippen LogP contribution in [-0.2, 0) is 27.4 Å². The van der Waals surface area contributed by atoms with Crippen LogP contribution in [0.3, 0.4) is 0 Å². The Bertz CT molecular complexity index is 966. The zero-order chi connectivity index (χ0) is 24.5. The topological polar surface area (TPSA) is 119 Å². The van der Waals surface area contributed by atoms with Crippen LogP contribution in [0.1, 0.15) is 18.1 Å². The number of para-hydroxylation sites is 1. The highest BCUT2D eigenvalue weighted by Gasteiger charge is 2.21. The number of nitrogens with one attached hydrogen (secondary N) is 1. The van der Waals surface area contributed by atoms with Crippen molar-refractivity contribution in [2.75, 3.05) is 5.73 Å². The van der Waals surface area contributed by atoms with Crippen LogP contribution in [0.4, 0.5) is 10.5 Å². The average Bonchev–Trinajstić information content (AvgIpc) is 2.79. The molecule has 0 aromatic heterocycles. The molecule has 0 aliphatic carbocycles. The van der Waals surface area contributed by atoms with Gasteiger partial charge in [0.2, 0.25) is 5.24 Å². The molecular weight excluding hydrogens is 444 g/mol. The van der Waals surface area contributed by atoms with Crippen LogP contribution in [0, 0.1) is 0 Å². The molecule has 33 heavy (non-hydrogen) atoms. The van der Waals surface area contributed by atoms with Crippen LogP contribution in [-0.4, -0.2) is 28.5 Å². The quantitative estimate of drug-likeness (QED) is 0.356. The van der Waals surface area contributed by atoms with Crippen molar-refractivity contribution in [3.63, 3.8) is 0 Å². The van der Waals surface area contributed by atoms with Gasteiger partial charge in [0.25, 0.3) is 0 Å². The molecule has 3 aromatic rings. The smallest absolute Gasteiger partial charge is 0.408 e. The van der Waals surface area contributed by atoms with Crippen molar-refractivity contribution >= 4 is 34.6 Å². The maximum Gasteiger partial charge on any atom is 0.408 e. The molecule has 3 rings (SSSR count). The van der Waals surface area contributed by atoms with E-state index in [0.717, 1.165) is 16.8 Å². The summed E-state index contributed by atoms with van der Waals surface area (Å²) in [6, 6.07) is 26.8. The number of alkyl carbamates (subject to hydrolysis) is 1. The number of carboxylic acid groups (broad SMARTS) is 1. The molecule has 4 N–H and O–H groups in total. The van der Waals surface area contributed by atoms with E-state index in [0.29, 0.717) is 0 Å². The first-order valence-corrected chi connectivity index (χ1v) is 10.4. The van der Waals surface area contributed by atoms with E-state index in [9.17, 15) is 19.5 Å². The number of aliphatic carboxylic acids is 1. The second kappa shape index (κ2) is 15.9. The van der Waals surface area contributed by atoms with E-state index in [1.54, 1.807) is 0 Å². The molecule has 0 unspecified atom stereocenters. The number of amides is 1. The molecule has 0 radical (unpaired) electrons. The lowest BCUT2D eigenvalue weighted by atomic mass is 10.1. The molecule has 0 saturated heterocycles. The molecule has 0 aliphatic rings. The van der Waals surface area contributed by atoms with Gasteiger partial charge in [-0.05, 0) is 34.9 Å². The number of halogens is 1. The fraction of sp³-hybridized carbons (Fsp3) is 0.160. The molecule has 8 heteroatoms. The number of nitrogen functional groups attached to an aromatic ring is 1. The SMILES string of the molecule is CC(=O)Cl.Nc1ccccc1.O=C(N[C@@H](Cc1ccccc1)C(=O)O)OCc1ccccc1. The average molecular weight is 471 g/mol. The first-order chi connectivity index (χ1) is 15.8. The molecule has 7 nitrogen and oxygen atoms in total. The largest absolute Gasteiger partial charge is 0.480 e. The van der Waals surface area contributed by atoms with Crippen molar-refractivity contribution in [1.29, 1.82) is 0 Å². The summed E-state index contributed by atoms with van der Waals surface area (Å²) in [4.78, 5) is 32.2. The molecule has 0 spiro atoms. The summed E-state index contributed by atoms with van der Waals surface area (Å²) in [7, 11) is 0. The van der Waals surface area contributed by atoms with Crippen LogP contribution >= 0.6 is 11.6 Å². The van der Waals surface area contributed by atoms with E-state index in [2.05, 4.69) is 16.9 Å². The van der Waals surface area contributed by atoms with E-state index < -0.39 is 18.1 Å². The molecule has 1 amide bonds. The number of hydrogen-bond acceptors (Lipinski definition) is 5. The Morgan fingerprint density at radius 2 is 1.30 bits per heavy atom. The predicted octanol–water partition coefficient (Wildman–Crippen LogP) is 4.65. The minimum absolute atomic E-state index is 0.102. The van der Waals surface area contributed by atoms with Gasteiger partial charge in [-0.3, -0.25) is 4.79 Å². The Labute approximate surface area is 198 Å². The maximum atomic E-state index is 11.7. The Morgan fingerprint density at radius 3 is 1.70 bits per heavy atom. The number of ether oxygens (including phenoxy) is 1. The lowest BCUT2D eigenvalue weighted by Crippen LogP contribution is -2.42. The van der Waals surface area contributed by atoms with Crippen molar-refractivity contribution in [3.8, 4) is 0 Å². The number of carbonyl (C=O) groups excluding carboxylic acids is 2. The molecule has 0 bridgehead atoms. The molecule has 1 atom stereocenters. The first-order valence-electron chi connectivity index (χ1n) is 9.98. The summed E-state index contributed by atoms with van der Waals surface area (Å²) in [5.41, 5.74) is 7.85. The summed E-state index contributed by atoms with van der Waals surface area (Å²) >= 11 is 4.64. The van der Waals surface area contributed by atoms with Crippen molar-refractivity contribution in [2.24, 2.45) is 0 Å². The number of carbonyl (C=O) groups is 3. The van der Waals surface area contributed by atoms with E-state index >= 15 is 0 Å². The minimum Gasteiger partial charge on any atom is -0.480 e. The van der Waals surface area contributed by atoms with E-state index in [-0.39, 0.29) is 18.3 Å². The molecule has 0 aliphatic heterocycles. The summed E-state index contributed by atoms with van der Waals surface area (Å²) in [5, 5.41) is 11.2. The first kappa shape index (κ1) is 27.2.